The number of halogens is 4. The van der Waals surface area contributed by atoms with E-state index < -0.39 is 11.7 Å². The van der Waals surface area contributed by atoms with Crippen LogP contribution in [0.4, 0.5) is 13.2 Å². The van der Waals surface area contributed by atoms with Crippen LogP contribution in [0.5, 0.6) is 0 Å². The zero-order valence-electron chi connectivity index (χ0n) is 10.7. The highest BCUT2D eigenvalue weighted by Crippen LogP contribution is 2.32. The summed E-state index contributed by atoms with van der Waals surface area (Å²) < 4.78 is 38.2. The van der Waals surface area contributed by atoms with E-state index in [2.05, 4.69) is 22.9 Å². The zero-order chi connectivity index (χ0) is 14.5. The second-order valence-electron chi connectivity index (χ2n) is 4.43. The summed E-state index contributed by atoms with van der Waals surface area (Å²) in [5.41, 5.74) is -0.668. The van der Waals surface area contributed by atoms with Gasteiger partial charge in [-0.05, 0) is 24.6 Å². The largest absolute Gasteiger partial charge is 0.416 e. The molecule has 0 aromatic heterocycles. The Morgan fingerprint density at radius 3 is 2.47 bits per heavy atom. The molecule has 0 aliphatic carbocycles. The summed E-state index contributed by atoms with van der Waals surface area (Å²) in [5.74, 6) is -0.242. The second kappa shape index (κ2) is 7.08. The predicted molar refractivity (Wildman–Crippen MR) is 72.2 cm³/mol. The lowest BCUT2D eigenvalue weighted by Gasteiger charge is -2.10. The highest BCUT2D eigenvalue weighted by Gasteiger charge is 2.31. The fourth-order valence-corrected chi connectivity index (χ4v) is 2.23. The maximum Gasteiger partial charge on any atom is 0.416 e. The third-order valence-corrected chi connectivity index (χ3v) is 3.54. The van der Waals surface area contributed by atoms with Gasteiger partial charge >= 0.3 is 6.18 Å². The number of rotatable bonds is 6. The highest BCUT2D eigenvalue weighted by atomic mass is 79.9. The van der Waals surface area contributed by atoms with Crippen molar-refractivity contribution in [1.82, 2.24) is 0 Å². The number of ketones is 1. The summed E-state index contributed by atoms with van der Waals surface area (Å²) in [6.07, 6.45) is -0.384. The Kier molecular flexibility index (Phi) is 6.04. The fraction of sp³-hybridized carbons (Fsp3) is 0.500. The molecule has 19 heavy (non-hydrogen) atoms. The Morgan fingerprint density at radius 2 is 1.89 bits per heavy atom. The number of hydrogen-bond acceptors (Lipinski definition) is 1. The average molecular weight is 337 g/mol. The monoisotopic (exact) mass is 336 g/mol. The van der Waals surface area contributed by atoms with E-state index in [1.807, 2.05) is 0 Å². The van der Waals surface area contributed by atoms with Gasteiger partial charge in [0, 0.05) is 16.5 Å². The first-order chi connectivity index (χ1) is 8.86. The van der Waals surface area contributed by atoms with Crippen LogP contribution in [-0.2, 0) is 6.18 Å². The molecule has 106 valence electrons. The van der Waals surface area contributed by atoms with Gasteiger partial charge in [-0.3, -0.25) is 4.79 Å². The first-order valence-electron chi connectivity index (χ1n) is 6.26. The van der Waals surface area contributed by atoms with Crippen LogP contribution in [0, 0.1) is 0 Å². The van der Waals surface area contributed by atoms with E-state index in [4.69, 9.17) is 0 Å². The van der Waals surface area contributed by atoms with Gasteiger partial charge in [0.25, 0.3) is 0 Å². The lowest BCUT2D eigenvalue weighted by Crippen LogP contribution is -2.08. The Bertz CT molecular complexity index is 441. The van der Waals surface area contributed by atoms with Gasteiger partial charge < -0.3 is 0 Å². The molecule has 0 fully saturated rings. The second-order valence-corrected chi connectivity index (χ2v) is 5.28. The molecule has 0 heterocycles. The van der Waals surface area contributed by atoms with Crippen LogP contribution in [0.3, 0.4) is 0 Å². The van der Waals surface area contributed by atoms with E-state index in [0.29, 0.717) is 10.9 Å². The van der Waals surface area contributed by atoms with Crippen molar-refractivity contribution in [3.05, 3.63) is 33.8 Å². The van der Waals surface area contributed by atoms with Crippen molar-refractivity contribution in [2.24, 2.45) is 0 Å². The Labute approximate surface area is 119 Å². The summed E-state index contributed by atoms with van der Waals surface area (Å²) in [4.78, 5) is 11.9. The van der Waals surface area contributed by atoms with Gasteiger partial charge in [0.05, 0.1) is 5.56 Å². The number of alkyl halides is 3. The number of carbonyl (C=O) groups is 1. The smallest absolute Gasteiger partial charge is 0.294 e. The molecule has 5 heteroatoms. The molecule has 1 rings (SSSR count). The van der Waals surface area contributed by atoms with E-state index in [1.54, 1.807) is 0 Å². The van der Waals surface area contributed by atoms with Crippen molar-refractivity contribution in [3.63, 3.8) is 0 Å². The lowest BCUT2D eigenvalue weighted by molar-refractivity contribution is -0.137. The Balaban J connectivity index is 2.78. The average Bonchev–Trinajstić information content (AvgIpc) is 2.33. The highest BCUT2D eigenvalue weighted by molar-refractivity contribution is 9.10. The molecule has 0 atom stereocenters. The number of hydrogen-bond donors (Lipinski definition) is 0. The normalized spacial score (nSPS) is 11.6. The van der Waals surface area contributed by atoms with Crippen LogP contribution in [0.25, 0.3) is 0 Å². The maximum atomic E-state index is 12.6. The van der Waals surface area contributed by atoms with Gasteiger partial charge in [-0.2, -0.15) is 13.2 Å². The molecule has 0 aliphatic heterocycles. The van der Waals surface area contributed by atoms with Crippen molar-refractivity contribution in [2.75, 3.05) is 0 Å². The molecule has 0 N–H and O–H groups in total. The summed E-state index contributed by atoms with van der Waals surface area (Å²) in [6.45, 7) is 2.06. The minimum absolute atomic E-state index is 0.117. The summed E-state index contributed by atoms with van der Waals surface area (Å²) in [7, 11) is 0. The summed E-state index contributed by atoms with van der Waals surface area (Å²) >= 11 is 3.13. The van der Waals surface area contributed by atoms with E-state index in [0.717, 1.165) is 37.8 Å². The minimum atomic E-state index is -4.42. The van der Waals surface area contributed by atoms with Crippen LogP contribution >= 0.6 is 15.9 Å². The molecule has 0 radical (unpaired) electrons. The van der Waals surface area contributed by atoms with Crippen LogP contribution in [-0.4, -0.2) is 5.78 Å². The van der Waals surface area contributed by atoms with Gasteiger partial charge in [0.2, 0.25) is 0 Å². The van der Waals surface area contributed by atoms with Gasteiger partial charge in [-0.25, -0.2) is 0 Å². The van der Waals surface area contributed by atoms with Crippen LogP contribution in [0.15, 0.2) is 22.7 Å². The van der Waals surface area contributed by atoms with Gasteiger partial charge in [0.15, 0.2) is 5.78 Å². The molecule has 0 aliphatic rings. The third-order valence-electron chi connectivity index (χ3n) is 2.85. The summed E-state index contributed by atoms with van der Waals surface area (Å²) in [5, 5.41) is 0. The minimum Gasteiger partial charge on any atom is -0.294 e. The van der Waals surface area contributed by atoms with E-state index in [-0.39, 0.29) is 11.3 Å². The van der Waals surface area contributed by atoms with Gasteiger partial charge in [-0.1, -0.05) is 42.1 Å². The standard InChI is InChI=1S/C14H16BrF3O/c1-2-3-4-5-6-13(19)11-9-10(14(16,17)18)7-8-12(11)15/h7-9H,2-6H2,1H3. The molecule has 1 aromatic carbocycles. The third kappa shape index (κ3) is 4.97. The van der Waals surface area contributed by atoms with Gasteiger partial charge in [0.1, 0.15) is 0 Å². The van der Waals surface area contributed by atoms with Crippen LogP contribution < -0.4 is 0 Å². The van der Waals surface area contributed by atoms with Gasteiger partial charge in [-0.15, -0.1) is 0 Å². The molecular weight excluding hydrogens is 321 g/mol. The zero-order valence-corrected chi connectivity index (χ0v) is 12.3. The van der Waals surface area contributed by atoms with E-state index >= 15 is 0 Å². The van der Waals surface area contributed by atoms with Crippen molar-refractivity contribution < 1.29 is 18.0 Å². The molecule has 0 unspecified atom stereocenters. The number of benzene rings is 1. The molecule has 0 saturated carbocycles. The SMILES string of the molecule is CCCCCCC(=O)c1cc(C(F)(F)F)ccc1Br. The molecule has 1 nitrogen and oxygen atoms in total. The number of unbranched alkanes of at least 4 members (excludes halogenated alkanes) is 3. The maximum absolute atomic E-state index is 12.6. The molecule has 0 amide bonds. The molecule has 0 bridgehead atoms. The van der Waals surface area contributed by atoms with Crippen LogP contribution in [0.1, 0.15) is 54.9 Å². The first-order valence-corrected chi connectivity index (χ1v) is 7.05. The van der Waals surface area contributed by atoms with E-state index in [1.165, 1.54) is 6.07 Å². The molecule has 1 aromatic rings. The molecule has 0 spiro atoms. The number of carbonyl (C=O) groups excluding carboxylic acids is 1. The summed E-state index contributed by atoms with van der Waals surface area (Å²) in [6, 6.07) is 3.17. The topological polar surface area (TPSA) is 17.1 Å². The van der Waals surface area contributed by atoms with Crippen molar-refractivity contribution >= 4 is 21.7 Å². The molecule has 0 saturated heterocycles. The van der Waals surface area contributed by atoms with Crippen molar-refractivity contribution in [3.8, 4) is 0 Å². The lowest BCUT2D eigenvalue weighted by atomic mass is 10.0. The fourth-order valence-electron chi connectivity index (χ4n) is 1.76. The quantitative estimate of drug-likeness (QED) is 0.486. The Morgan fingerprint density at radius 1 is 1.21 bits per heavy atom. The Hall–Kier alpha value is -0.840. The number of Topliss-reactive ketones (excluding diaryl/α,β-unsaturated/α-hetero) is 1. The van der Waals surface area contributed by atoms with Crippen molar-refractivity contribution in [2.45, 2.75) is 45.2 Å². The van der Waals surface area contributed by atoms with E-state index in [9.17, 15) is 18.0 Å². The molecular formula is C14H16BrF3O. The first kappa shape index (κ1) is 16.2. The van der Waals surface area contributed by atoms with Crippen molar-refractivity contribution in [1.29, 1.82) is 0 Å². The van der Waals surface area contributed by atoms with Crippen LogP contribution in [0.2, 0.25) is 0 Å². The predicted octanol–water partition coefficient (Wildman–Crippen LogP) is 5.62.